The van der Waals surface area contributed by atoms with Crippen molar-refractivity contribution in [1.82, 2.24) is 15.1 Å². The first-order valence-corrected chi connectivity index (χ1v) is 6.22. The number of carbonyl (C=O) groups is 2. The van der Waals surface area contributed by atoms with E-state index in [-0.39, 0.29) is 11.9 Å². The van der Waals surface area contributed by atoms with Gasteiger partial charge in [0.2, 0.25) is 5.91 Å². The Labute approximate surface area is 103 Å². The molecule has 1 fully saturated rings. The number of amides is 3. The number of urea groups is 1. The SMILES string of the molecule is CCCCNC(=O)N1CCN(C)C(=O)C1(C)C. The van der Waals surface area contributed by atoms with Gasteiger partial charge in [-0.25, -0.2) is 4.79 Å². The molecule has 0 atom stereocenters. The number of likely N-dealkylation sites (N-methyl/N-ethyl adjacent to an activating group) is 1. The fraction of sp³-hybridized carbons (Fsp3) is 0.833. The highest BCUT2D eigenvalue weighted by atomic mass is 16.2. The summed E-state index contributed by atoms with van der Waals surface area (Å²) in [5.41, 5.74) is -0.747. The number of hydrogen-bond donors (Lipinski definition) is 1. The number of rotatable bonds is 3. The Balaban J connectivity index is 2.64. The lowest BCUT2D eigenvalue weighted by Crippen LogP contribution is -2.65. The van der Waals surface area contributed by atoms with Gasteiger partial charge in [0.05, 0.1) is 0 Å². The van der Waals surface area contributed by atoms with E-state index in [0.29, 0.717) is 19.6 Å². The number of hydrogen-bond acceptors (Lipinski definition) is 2. The fourth-order valence-corrected chi connectivity index (χ4v) is 2.04. The summed E-state index contributed by atoms with van der Waals surface area (Å²) in [6.07, 6.45) is 2.01. The van der Waals surface area contributed by atoms with E-state index in [2.05, 4.69) is 12.2 Å². The molecule has 98 valence electrons. The van der Waals surface area contributed by atoms with Crippen LogP contribution in [0, 0.1) is 0 Å². The summed E-state index contributed by atoms with van der Waals surface area (Å²) in [4.78, 5) is 27.3. The molecule has 0 aromatic heterocycles. The molecule has 1 aliphatic heterocycles. The third-order valence-corrected chi connectivity index (χ3v) is 3.26. The van der Waals surface area contributed by atoms with Crippen LogP contribution < -0.4 is 5.32 Å². The fourth-order valence-electron chi connectivity index (χ4n) is 2.04. The van der Waals surface area contributed by atoms with Crippen molar-refractivity contribution >= 4 is 11.9 Å². The van der Waals surface area contributed by atoms with Crippen LogP contribution in [0.2, 0.25) is 0 Å². The molecule has 0 aliphatic carbocycles. The maximum atomic E-state index is 12.0. The van der Waals surface area contributed by atoms with Gasteiger partial charge in [-0.3, -0.25) is 4.79 Å². The first kappa shape index (κ1) is 13.8. The largest absolute Gasteiger partial charge is 0.342 e. The zero-order valence-corrected chi connectivity index (χ0v) is 11.2. The van der Waals surface area contributed by atoms with Crippen LogP contribution in [0.15, 0.2) is 0 Å². The molecule has 1 heterocycles. The Kier molecular flexibility index (Phi) is 4.37. The summed E-state index contributed by atoms with van der Waals surface area (Å²) in [5, 5.41) is 2.86. The smallest absolute Gasteiger partial charge is 0.318 e. The number of unbranched alkanes of at least 4 members (excludes halogenated alkanes) is 1. The Morgan fingerprint density at radius 3 is 2.65 bits per heavy atom. The van der Waals surface area contributed by atoms with Gasteiger partial charge in [0.25, 0.3) is 0 Å². The van der Waals surface area contributed by atoms with Crippen molar-refractivity contribution in [2.24, 2.45) is 0 Å². The molecular weight excluding hydrogens is 218 g/mol. The monoisotopic (exact) mass is 241 g/mol. The Hall–Kier alpha value is -1.26. The Morgan fingerprint density at radius 1 is 1.41 bits per heavy atom. The molecular formula is C12H23N3O2. The number of nitrogens with one attached hydrogen (secondary N) is 1. The van der Waals surface area contributed by atoms with Gasteiger partial charge in [0.15, 0.2) is 0 Å². The van der Waals surface area contributed by atoms with Gasteiger partial charge >= 0.3 is 6.03 Å². The molecule has 17 heavy (non-hydrogen) atoms. The molecule has 0 bridgehead atoms. The molecule has 5 heteroatoms. The van der Waals surface area contributed by atoms with E-state index < -0.39 is 5.54 Å². The van der Waals surface area contributed by atoms with Crippen LogP contribution in [0.3, 0.4) is 0 Å². The zero-order chi connectivity index (χ0) is 13.1. The normalized spacial score (nSPS) is 19.4. The van der Waals surface area contributed by atoms with Crippen molar-refractivity contribution in [2.45, 2.75) is 39.2 Å². The van der Waals surface area contributed by atoms with Crippen molar-refractivity contribution in [3.05, 3.63) is 0 Å². The molecule has 1 N–H and O–H groups in total. The topological polar surface area (TPSA) is 52.7 Å². The van der Waals surface area contributed by atoms with Crippen LogP contribution in [-0.4, -0.2) is 54.0 Å². The summed E-state index contributed by atoms with van der Waals surface area (Å²) >= 11 is 0. The van der Waals surface area contributed by atoms with Crippen molar-refractivity contribution < 1.29 is 9.59 Å². The van der Waals surface area contributed by atoms with E-state index in [1.807, 2.05) is 0 Å². The Morgan fingerprint density at radius 2 is 2.06 bits per heavy atom. The van der Waals surface area contributed by atoms with E-state index in [9.17, 15) is 9.59 Å². The maximum Gasteiger partial charge on any atom is 0.318 e. The van der Waals surface area contributed by atoms with Crippen molar-refractivity contribution in [1.29, 1.82) is 0 Å². The second-order valence-corrected chi connectivity index (χ2v) is 5.02. The van der Waals surface area contributed by atoms with E-state index in [0.717, 1.165) is 12.8 Å². The van der Waals surface area contributed by atoms with Crippen molar-refractivity contribution in [3.8, 4) is 0 Å². The molecule has 1 aliphatic rings. The van der Waals surface area contributed by atoms with Gasteiger partial charge in [-0.1, -0.05) is 13.3 Å². The Bertz CT molecular complexity index is 302. The highest BCUT2D eigenvalue weighted by molar-refractivity contribution is 5.91. The van der Waals surface area contributed by atoms with Crippen molar-refractivity contribution in [2.75, 3.05) is 26.7 Å². The lowest BCUT2D eigenvalue weighted by molar-refractivity contribution is -0.144. The van der Waals surface area contributed by atoms with Gasteiger partial charge in [-0.05, 0) is 20.3 Å². The van der Waals surface area contributed by atoms with Crippen LogP contribution in [-0.2, 0) is 4.79 Å². The van der Waals surface area contributed by atoms with Crippen molar-refractivity contribution in [3.63, 3.8) is 0 Å². The zero-order valence-electron chi connectivity index (χ0n) is 11.2. The second kappa shape index (κ2) is 5.38. The quantitative estimate of drug-likeness (QED) is 0.751. The molecule has 0 unspecified atom stereocenters. The van der Waals surface area contributed by atoms with Crippen LogP contribution in [0.25, 0.3) is 0 Å². The molecule has 1 rings (SSSR count). The molecule has 3 amide bonds. The van der Waals surface area contributed by atoms with E-state index in [1.165, 1.54) is 0 Å². The van der Waals surface area contributed by atoms with Crippen LogP contribution in [0.4, 0.5) is 4.79 Å². The summed E-state index contributed by atoms with van der Waals surface area (Å²) in [6, 6.07) is -0.134. The first-order valence-electron chi connectivity index (χ1n) is 6.22. The predicted molar refractivity (Wildman–Crippen MR) is 66.7 cm³/mol. The number of nitrogens with zero attached hydrogens (tertiary/aromatic N) is 2. The summed E-state index contributed by atoms with van der Waals surface area (Å²) in [7, 11) is 1.77. The lowest BCUT2D eigenvalue weighted by atomic mass is 9.98. The second-order valence-electron chi connectivity index (χ2n) is 5.02. The van der Waals surface area contributed by atoms with Crippen LogP contribution in [0.5, 0.6) is 0 Å². The molecule has 0 saturated carbocycles. The molecule has 0 aromatic carbocycles. The van der Waals surface area contributed by atoms with Gasteiger partial charge in [0.1, 0.15) is 5.54 Å². The third-order valence-electron chi connectivity index (χ3n) is 3.26. The van der Waals surface area contributed by atoms with Gasteiger partial charge in [0, 0.05) is 26.7 Å². The summed E-state index contributed by atoms with van der Waals surface area (Å²) in [5.74, 6) is -0.00519. The molecule has 0 spiro atoms. The highest BCUT2D eigenvalue weighted by Gasteiger charge is 2.42. The summed E-state index contributed by atoms with van der Waals surface area (Å²) < 4.78 is 0. The molecule has 5 nitrogen and oxygen atoms in total. The molecule has 0 aromatic rings. The minimum Gasteiger partial charge on any atom is -0.342 e. The maximum absolute atomic E-state index is 12.0. The highest BCUT2D eigenvalue weighted by Crippen LogP contribution is 2.21. The average molecular weight is 241 g/mol. The van der Waals surface area contributed by atoms with Gasteiger partial charge in [-0.15, -0.1) is 0 Å². The van der Waals surface area contributed by atoms with E-state index in [1.54, 1.807) is 30.7 Å². The van der Waals surface area contributed by atoms with Gasteiger partial charge in [-0.2, -0.15) is 0 Å². The lowest BCUT2D eigenvalue weighted by Gasteiger charge is -2.44. The summed E-state index contributed by atoms with van der Waals surface area (Å²) in [6.45, 7) is 7.53. The standard InChI is InChI=1S/C12H23N3O2/c1-5-6-7-13-11(17)15-9-8-14(4)10(16)12(15,2)3/h5-9H2,1-4H3,(H,13,17). The van der Waals surface area contributed by atoms with Crippen LogP contribution >= 0.6 is 0 Å². The van der Waals surface area contributed by atoms with Crippen LogP contribution in [0.1, 0.15) is 33.6 Å². The van der Waals surface area contributed by atoms with E-state index >= 15 is 0 Å². The number of carbonyl (C=O) groups excluding carboxylic acids is 2. The van der Waals surface area contributed by atoms with E-state index in [4.69, 9.17) is 0 Å². The molecule has 1 saturated heterocycles. The minimum atomic E-state index is -0.747. The predicted octanol–water partition coefficient (Wildman–Crippen LogP) is 1.05. The molecule has 0 radical (unpaired) electrons. The minimum absolute atomic E-state index is 0.00519. The van der Waals surface area contributed by atoms with Gasteiger partial charge < -0.3 is 15.1 Å². The third kappa shape index (κ3) is 2.90. The number of piperazine rings is 1. The average Bonchev–Trinajstić information content (AvgIpc) is 2.26. The first-order chi connectivity index (χ1) is 7.91.